The van der Waals surface area contributed by atoms with Gasteiger partial charge < -0.3 is 0 Å². The highest BCUT2D eigenvalue weighted by Gasteiger charge is 1.93. The molecule has 1 aromatic heterocycles. The monoisotopic (exact) mass is 174 g/mol. The van der Waals surface area contributed by atoms with Crippen LogP contribution in [0.25, 0.3) is 0 Å². The fourth-order valence-electron chi connectivity index (χ4n) is 0.637. The minimum absolute atomic E-state index is 0.916. The fraction of sp³-hybridized carbons (Fsp3) is 0.500. The Hall–Kier alpha value is -0.0900. The van der Waals surface area contributed by atoms with Gasteiger partial charge in [0.1, 0.15) is 0 Å². The normalized spacial score (nSPS) is 10.2. The molecule has 0 saturated carbocycles. The van der Waals surface area contributed by atoms with Gasteiger partial charge in [-0.1, -0.05) is 0 Å². The van der Waals surface area contributed by atoms with Crippen molar-refractivity contribution in [1.82, 2.24) is 9.78 Å². The predicted molar refractivity (Wildman–Crippen MR) is 47.8 cm³/mol. The summed E-state index contributed by atoms with van der Waals surface area (Å²) in [5.41, 5.74) is 0. The van der Waals surface area contributed by atoms with Crippen molar-refractivity contribution in [2.45, 2.75) is 4.90 Å². The van der Waals surface area contributed by atoms with Gasteiger partial charge in [-0.25, -0.2) is 0 Å². The van der Waals surface area contributed by atoms with E-state index >= 15 is 0 Å². The van der Waals surface area contributed by atoms with Crippen LogP contribution in [0.3, 0.4) is 0 Å². The van der Waals surface area contributed by atoms with Crippen LogP contribution >= 0.6 is 24.4 Å². The van der Waals surface area contributed by atoms with Gasteiger partial charge in [-0.15, -0.1) is 11.8 Å². The summed E-state index contributed by atoms with van der Waals surface area (Å²) < 4.78 is 1.81. The summed E-state index contributed by atoms with van der Waals surface area (Å²) in [4.78, 5) is 1.22. The Morgan fingerprint density at radius 3 is 3.10 bits per heavy atom. The zero-order valence-electron chi connectivity index (χ0n) is 5.82. The van der Waals surface area contributed by atoms with E-state index in [1.54, 1.807) is 16.4 Å². The lowest BCUT2D eigenvalue weighted by atomic mass is 10.7. The minimum atomic E-state index is 0.916. The quantitative estimate of drug-likeness (QED) is 0.552. The number of thioether (sulfide) groups is 1. The number of hydrogen-bond donors (Lipinski definition) is 1. The van der Waals surface area contributed by atoms with Gasteiger partial charge in [-0.3, -0.25) is 4.68 Å². The van der Waals surface area contributed by atoms with Crippen LogP contribution in [0.2, 0.25) is 0 Å². The molecule has 0 unspecified atom stereocenters. The molecule has 0 N–H and O–H groups in total. The van der Waals surface area contributed by atoms with Gasteiger partial charge in [-0.2, -0.15) is 17.7 Å². The van der Waals surface area contributed by atoms with Crippen LogP contribution in [-0.2, 0) is 7.05 Å². The summed E-state index contributed by atoms with van der Waals surface area (Å²) in [6, 6.07) is 0. The Bertz CT molecular complexity index is 197. The second kappa shape index (κ2) is 3.93. The highest BCUT2D eigenvalue weighted by molar-refractivity contribution is 8.00. The molecule has 2 nitrogen and oxygen atoms in total. The molecule has 0 radical (unpaired) electrons. The van der Waals surface area contributed by atoms with E-state index in [0.717, 1.165) is 11.5 Å². The molecule has 10 heavy (non-hydrogen) atoms. The average molecular weight is 174 g/mol. The third-order valence-corrected chi connectivity index (χ3v) is 2.52. The van der Waals surface area contributed by atoms with E-state index in [-0.39, 0.29) is 0 Å². The van der Waals surface area contributed by atoms with Crippen LogP contribution < -0.4 is 0 Å². The molecule has 56 valence electrons. The maximum absolute atomic E-state index is 4.11. The number of aromatic nitrogens is 2. The molecular weight excluding hydrogens is 164 g/mol. The molecule has 0 aliphatic rings. The number of thiol groups is 1. The van der Waals surface area contributed by atoms with E-state index in [1.165, 1.54) is 4.90 Å². The van der Waals surface area contributed by atoms with E-state index in [9.17, 15) is 0 Å². The van der Waals surface area contributed by atoms with Crippen molar-refractivity contribution in [3.05, 3.63) is 12.4 Å². The van der Waals surface area contributed by atoms with Crippen molar-refractivity contribution >= 4 is 24.4 Å². The third-order valence-electron chi connectivity index (χ3n) is 1.04. The van der Waals surface area contributed by atoms with Gasteiger partial charge in [0, 0.05) is 23.9 Å². The van der Waals surface area contributed by atoms with E-state index in [2.05, 4.69) is 17.7 Å². The first-order valence-electron chi connectivity index (χ1n) is 3.05. The lowest BCUT2D eigenvalue weighted by molar-refractivity contribution is 0.766. The van der Waals surface area contributed by atoms with Crippen LogP contribution in [-0.4, -0.2) is 21.3 Å². The van der Waals surface area contributed by atoms with Gasteiger partial charge in [0.25, 0.3) is 0 Å². The number of rotatable bonds is 3. The summed E-state index contributed by atoms with van der Waals surface area (Å²) in [5.74, 6) is 1.97. The van der Waals surface area contributed by atoms with Gasteiger partial charge in [0.2, 0.25) is 0 Å². The van der Waals surface area contributed by atoms with Gasteiger partial charge >= 0.3 is 0 Å². The Morgan fingerprint density at radius 2 is 2.60 bits per heavy atom. The average Bonchev–Trinajstić information content (AvgIpc) is 2.31. The Balaban J connectivity index is 2.42. The number of nitrogens with zero attached hydrogens (tertiary/aromatic N) is 2. The molecule has 0 saturated heterocycles. The fourth-order valence-corrected chi connectivity index (χ4v) is 1.59. The lowest BCUT2D eigenvalue weighted by Gasteiger charge is -1.90. The summed E-state index contributed by atoms with van der Waals surface area (Å²) in [6.45, 7) is 0. The molecular formula is C6H10N2S2. The largest absolute Gasteiger partial charge is 0.275 e. The van der Waals surface area contributed by atoms with Gasteiger partial charge in [0.05, 0.1) is 6.20 Å². The van der Waals surface area contributed by atoms with Crippen molar-refractivity contribution in [2.75, 3.05) is 11.5 Å². The molecule has 4 heteroatoms. The maximum Gasteiger partial charge on any atom is 0.0625 e. The smallest absolute Gasteiger partial charge is 0.0625 e. The summed E-state index contributed by atoms with van der Waals surface area (Å²) in [5, 5.41) is 4.04. The summed E-state index contributed by atoms with van der Waals surface area (Å²) in [6.07, 6.45) is 3.88. The molecule has 1 aromatic rings. The van der Waals surface area contributed by atoms with Crippen molar-refractivity contribution in [1.29, 1.82) is 0 Å². The maximum atomic E-state index is 4.11. The highest BCUT2D eigenvalue weighted by atomic mass is 32.2. The van der Waals surface area contributed by atoms with E-state index < -0.39 is 0 Å². The van der Waals surface area contributed by atoms with E-state index in [0.29, 0.717) is 0 Å². The van der Waals surface area contributed by atoms with Crippen LogP contribution in [0.15, 0.2) is 17.3 Å². The van der Waals surface area contributed by atoms with Gasteiger partial charge in [-0.05, 0) is 5.75 Å². The van der Waals surface area contributed by atoms with E-state index in [4.69, 9.17) is 0 Å². The van der Waals surface area contributed by atoms with E-state index in [1.807, 2.05) is 19.4 Å². The zero-order valence-corrected chi connectivity index (χ0v) is 7.53. The standard InChI is InChI=1S/C6H10N2S2/c1-8-5-6(4-7-8)10-3-2-9/h4-5,9H,2-3H2,1H3. The third kappa shape index (κ3) is 2.27. The Morgan fingerprint density at radius 1 is 1.80 bits per heavy atom. The lowest BCUT2D eigenvalue weighted by Crippen LogP contribution is -1.84. The predicted octanol–water partition coefficient (Wildman–Crippen LogP) is 1.44. The van der Waals surface area contributed by atoms with Crippen LogP contribution in [0.1, 0.15) is 0 Å². The summed E-state index contributed by atoms with van der Waals surface area (Å²) in [7, 11) is 1.92. The molecule has 0 spiro atoms. The van der Waals surface area contributed by atoms with Crippen molar-refractivity contribution in [3.8, 4) is 0 Å². The van der Waals surface area contributed by atoms with Crippen LogP contribution in [0.5, 0.6) is 0 Å². The zero-order chi connectivity index (χ0) is 7.40. The van der Waals surface area contributed by atoms with Gasteiger partial charge in [0.15, 0.2) is 0 Å². The SMILES string of the molecule is Cn1cc(SCCS)cn1. The Kier molecular flexibility index (Phi) is 3.15. The molecule has 1 rings (SSSR count). The minimum Gasteiger partial charge on any atom is -0.275 e. The molecule has 0 bridgehead atoms. The molecule has 0 aliphatic carbocycles. The van der Waals surface area contributed by atoms with Crippen molar-refractivity contribution in [2.24, 2.45) is 7.05 Å². The van der Waals surface area contributed by atoms with Crippen molar-refractivity contribution < 1.29 is 0 Å². The molecule has 0 aliphatic heterocycles. The topological polar surface area (TPSA) is 17.8 Å². The molecule has 0 amide bonds. The molecule has 0 atom stereocenters. The highest BCUT2D eigenvalue weighted by Crippen LogP contribution is 2.15. The number of aryl methyl sites for hydroxylation is 1. The second-order valence-electron chi connectivity index (χ2n) is 1.92. The summed E-state index contributed by atoms with van der Waals surface area (Å²) >= 11 is 5.89. The van der Waals surface area contributed by atoms with Crippen LogP contribution in [0.4, 0.5) is 0 Å². The van der Waals surface area contributed by atoms with Crippen LogP contribution in [0, 0.1) is 0 Å². The number of hydrogen-bond acceptors (Lipinski definition) is 3. The molecule has 0 fully saturated rings. The Labute approximate surface area is 70.4 Å². The first kappa shape index (κ1) is 8.01. The first-order chi connectivity index (χ1) is 4.83. The second-order valence-corrected chi connectivity index (χ2v) is 3.54. The molecule has 0 aromatic carbocycles. The molecule has 1 heterocycles. The van der Waals surface area contributed by atoms with Crippen molar-refractivity contribution in [3.63, 3.8) is 0 Å². The first-order valence-corrected chi connectivity index (χ1v) is 4.67.